The number of hydrogen-bond acceptors (Lipinski definition) is 4. The molecule has 0 saturated carbocycles. The lowest BCUT2D eigenvalue weighted by Gasteiger charge is -2.12. The monoisotopic (exact) mass is 256 g/mol. The maximum Gasteiger partial charge on any atom is 0.347 e. The van der Waals surface area contributed by atoms with Gasteiger partial charge in [0.05, 0.1) is 11.4 Å². The van der Waals surface area contributed by atoms with Crippen molar-refractivity contribution in [2.75, 3.05) is 12.5 Å². The van der Waals surface area contributed by atoms with E-state index >= 15 is 0 Å². The van der Waals surface area contributed by atoms with Crippen molar-refractivity contribution in [3.05, 3.63) is 35.9 Å². The molecule has 1 atom stereocenters. The van der Waals surface area contributed by atoms with Gasteiger partial charge in [0.25, 0.3) is 0 Å². The molecule has 0 aliphatic heterocycles. The molecule has 0 heterocycles. The first kappa shape index (κ1) is 13.5. The van der Waals surface area contributed by atoms with Crippen molar-refractivity contribution in [2.45, 2.75) is 13.0 Å². The van der Waals surface area contributed by atoms with Gasteiger partial charge in [-0.3, -0.25) is 0 Å². The predicted octanol–water partition coefficient (Wildman–Crippen LogP) is 2.01. The molecule has 0 spiro atoms. The van der Waals surface area contributed by atoms with Crippen LogP contribution in [0.1, 0.15) is 17.3 Å². The summed E-state index contributed by atoms with van der Waals surface area (Å²) < 4.78 is 9.68. The van der Waals surface area contributed by atoms with Gasteiger partial charge in [-0.2, -0.15) is 0 Å². The molecule has 92 valence electrons. The Morgan fingerprint density at radius 1 is 1.29 bits per heavy atom. The molecule has 4 nitrogen and oxygen atoms in total. The molecular weight excluding hydrogens is 244 g/mol. The van der Waals surface area contributed by atoms with Crippen LogP contribution in [0.25, 0.3) is 0 Å². The molecular formula is C12H13ClO4. The Kier molecular flexibility index (Phi) is 5.49. The summed E-state index contributed by atoms with van der Waals surface area (Å²) in [4.78, 5) is 22.9. The molecule has 1 aromatic rings. The van der Waals surface area contributed by atoms with Crippen molar-refractivity contribution in [1.82, 2.24) is 0 Å². The quantitative estimate of drug-likeness (QED) is 0.597. The minimum absolute atomic E-state index is 0.105. The molecule has 0 amide bonds. The van der Waals surface area contributed by atoms with E-state index in [4.69, 9.17) is 21.1 Å². The summed E-state index contributed by atoms with van der Waals surface area (Å²) in [5.74, 6) is -0.943. The van der Waals surface area contributed by atoms with Gasteiger partial charge in [0.15, 0.2) is 6.10 Å². The zero-order valence-electron chi connectivity index (χ0n) is 9.39. The molecule has 0 aliphatic carbocycles. The van der Waals surface area contributed by atoms with Crippen LogP contribution in [-0.2, 0) is 14.3 Å². The van der Waals surface area contributed by atoms with Gasteiger partial charge in [-0.05, 0) is 19.1 Å². The van der Waals surface area contributed by atoms with E-state index in [1.54, 1.807) is 30.3 Å². The number of benzene rings is 1. The van der Waals surface area contributed by atoms with Crippen LogP contribution in [-0.4, -0.2) is 30.5 Å². The smallest absolute Gasteiger partial charge is 0.347 e. The SMILES string of the molecule is CC(OC(=O)c1ccccc1)C(=O)OCCCl. The summed E-state index contributed by atoms with van der Waals surface area (Å²) in [5, 5.41) is 0. The number of carbonyl (C=O) groups excluding carboxylic acids is 2. The second-order valence-corrected chi connectivity index (χ2v) is 3.65. The van der Waals surface area contributed by atoms with Gasteiger partial charge in [0.2, 0.25) is 0 Å². The fourth-order valence-corrected chi connectivity index (χ4v) is 1.18. The molecule has 0 radical (unpaired) electrons. The van der Waals surface area contributed by atoms with Gasteiger partial charge in [0, 0.05) is 0 Å². The highest BCUT2D eigenvalue weighted by molar-refractivity contribution is 6.18. The van der Waals surface area contributed by atoms with E-state index in [9.17, 15) is 9.59 Å². The molecule has 0 aromatic heterocycles. The van der Waals surface area contributed by atoms with E-state index < -0.39 is 18.0 Å². The standard InChI is InChI=1S/C12H13ClO4/c1-9(11(14)16-8-7-13)17-12(15)10-5-3-2-4-6-10/h2-6,9H,7-8H2,1H3. The molecule has 1 unspecified atom stereocenters. The highest BCUT2D eigenvalue weighted by Crippen LogP contribution is 2.04. The average molecular weight is 257 g/mol. The average Bonchev–Trinajstić information content (AvgIpc) is 2.36. The minimum atomic E-state index is -0.939. The lowest BCUT2D eigenvalue weighted by molar-refractivity contribution is -0.152. The largest absolute Gasteiger partial charge is 0.462 e. The third-order valence-electron chi connectivity index (χ3n) is 1.95. The number of hydrogen-bond donors (Lipinski definition) is 0. The first-order valence-corrected chi connectivity index (χ1v) is 5.67. The fourth-order valence-electron chi connectivity index (χ4n) is 1.11. The number of rotatable bonds is 5. The van der Waals surface area contributed by atoms with Crippen LogP contribution in [0.3, 0.4) is 0 Å². The van der Waals surface area contributed by atoms with Crippen molar-refractivity contribution >= 4 is 23.5 Å². The summed E-state index contributed by atoms with van der Waals surface area (Å²) >= 11 is 5.37. The van der Waals surface area contributed by atoms with Gasteiger partial charge in [-0.1, -0.05) is 18.2 Å². The fraction of sp³-hybridized carbons (Fsp3) is 0.333. The number of halogens is 1. The Hall–Kier alpha value is -1.55. The first-order valence-electron chi connectivity index (χ1n) is 5.13. The van der Waals surface area contributed by atoms with Gasteiger partial charge >= 0.3 is 11.9 Å². The third kappa shape index (κ3) is 4.44. The Morgan fingerprint density at radius 3 is 2.53 bits per heavy atom. The minimum Gasteiger partial charge on any atom is -0.462 e. The number of alkyl halides is 1. The molecule has 0 N–H and O–H groups in total. The molecule has 1 rings (SSSR count). The second kappa shape index (κ2) is 6.91. The number of ether oxygens (including phenoxy) is 2. The molecule has 5 heteroatoms. The van der Waals surface area contributed by atoms with Crippen molar-refractivity contribution in [2.24, 2.45) is 0 Å². The Morgan fingerprint density at radius 2 is 1.94 bits per heavy atom. The van der Waals surface area contributed by atoms with Crippen LogP contribution >= 0.6 is 11.6 Å². The molecule has 17 heavy (non-hydrogen) atoms. The Balaban J connectivity index is 2.49. The van der Waals surface area contributed by atoms with Gasteiger partial charge in [0.1, 0.15) is 6.61 Å². The maximum absolute atomic E-state index is 11.6. The zero-order chi connectivity index (χ0) is 12.7. The van der Waals surface area contributed by atoms with Crippen LogP contribution in [0, 0.1) is 0 Å². The summed E-state index contributed by atoms with van der Waals surface area (Å²) in [7, 11) is 0. The van der Waals surface area contributed by atoms with Gasteiger partial charge < -0.3 is 9.47 Å². The highest BCUT2D eigenvalue weighted by Gasteiger charge is 2.19. The van der Waals surface area contributed by atoms with Crippen molar-refractivity contribution in [1.29, 1.82) is 0 Å². The lowest BCUT2D eigenvalue weighted by atomic mass is 10.2. The number of esters is 2. The summed E-state index contributed by atoms with van der Waals surface area (Å²) in [5.41, 5.74) is 0.393. The normalized spacial score (nSPS) is 11.6. The third-order valence-corrected chi connectivity index (χ3v) is 2.10. The molecule has 0 aliphatic rings. The van der Waals surface area contributed by atoms with Crippen molar-refractivity contribution < 1.29 is 19.1 Å². The first-order chi connectivity index (χ1) is 8.15. The van der Waals surface area contributed by atoms with Gasteiger partial charge in [-0.25, -0.2) is 9.59 Å². The zero-order valence-corrected chi connectivity index (χ0v) is 10.1. The Labute approximate surface area is 104 Å². The van der Waals surface area contributed by atoms with Crippen LogP contribution in [0.5, 0.6) is 0 Å². The van der Waals surface area contributed by atoms with Crippen LogP contribution in [0.2, 0.25) is 0 Å². The van der Waals surface area contributed by atoms with Crippen molar-refractivity contribution in [3.8, 4) is 0 Å². The summed E-state index contributed by atoms with van der Waals surface area (Å²) in [6.45, 7) is 1.56. The highest BCUT2D eigenvalue weighted by atomic mass is 35.5. The summed E-state index contributed by atoms with van der Waals surface area (Å²) in [6, 6.07) is 8.44. The van der Waals surface area contributed by atoms with E-state index in [-0.39, 0.29) is 12.5 Å². The Bertz CT molecular complexity index is 377. The topological polar surface area (TPSA) is 52.6 Å². The van der Waals surface area contributed by atoms with Crippen LogP contribution in [0.4, 0.5) is 0 Å². The summed E-state index contributed by atoms with van der Waals surface area (Å²) in [6.07, 6.45) is -0.939. The van der Waals surface area contributed by atoms with Crippen molar-refractivity contribution in [3.63, 3.8) is 0 Å². The molecule has 0 bridgehead atoms. The lowest BCUT2D eigenvalue weighted by Crippen LogP contribution is -2.26. The van der Waals surface area contributed by atoms with E-state index in [0.717, 1.165) is 0 Å². The second-order valence-electron chi connectivity index (χ2n) is 3.27. The predicted molar refractivity (Wildman–Crippen MR) is 63.0 cm³/mol. The maximum atomic E-state index is 11.6. The van der Waals surface area contributed by atoms with E-state index in [0.29, 0.717) is 5.56 Å². The molecule has 0 fully saturated rings. The van der Waals surface area contributed by atoms with E-state index in [1.165, 1.54) is 6.92 Å². The van der Waals surface area contributed by atoms with E-state index in [2.05, 4.69) is 0 Å². The van der Waals surface area contributed by atoms with Crippen LogP contribution < -0.4 is 0 Å². The van der Waals surface area contributed by atoms with Gasteiger partial charge in [-0.15, -0.1) is 11.6 Å². The van der Waals surface area contributed by atoms with E-state index in [1.807, 2.05) is 0 Å². The van der Waals surface area contributed by atoms with Crippen LogP contribution in [0.15, 0.2) is 30.3 Å². The molecule has 0 saturated heterocycles. The molecule has 1 aromatic carbocycles. The number of carbonyl (C=O) groups is 2.